The van der Waals surface area contributed by atoms with Crippen LogP contribution in [0, 0.1) is 0 Å². The van der Waals surface area contributed by atoms with Crippen molar-refractivity contribution in [2.75, 3.05) is 0 Å². The lowest BCUT2D eigenvalue weighted by molar-refractivity contribution is 0.112. The van der Waals surface area contributed by atoms with Crippen LogP contribution in [-0.2, 0) is 0 Å². The van der Waals surface area contributed by atoms with Crippen LogP contribution in [0.2, 0.25) is 0 Å². The molecule has 12 heavy (non-hydrogen) atoms. The Morgan fingerprint density at radius 2 is 2.00 bits per heavy atom. The number of rotatable bonds is 3. The Hall–Kier alpha value is -1.37. The van der Waals surface area contributed by atoms with Crippen molar-refractivity contribution in [2.45, 2.75) is 13.3 Å². The third-order valence-electron chi connectivity index (χ3n) is 1.88. The number of carbonyl (C=O) groups excluding carboxylic acids is 1. The molecule has 0 unspecified atom stereocenters. The van der Waals surface area contributed by atoms with Crippen molar-refractivity contribution in [1.82, 2.24) is 0 Å². The standard InChI is InChI=1S/C11H12O/c1-3-9(2)11-6-4-10(8-12)5-7-11/h4-8H,2-3H2,1H3. The van der Waals surface area contributed by atoms with E-state index in [0.29, 0.717) is 5.56 Å². The van der Waals surface area contributed by atoms with Crippen LogP contribution < -0.4 is 0 Å². The van der Waals surface area contributed by atoms with E-state index >= 15 is 0 Å². The Balaban J connectivity index is 2.91. The number of benzene rings is 1. The third-order valence-corrected chi connectivity index (χ3v) is 1.88. The predicted octanol–water partition coefficient (Wildman–Crippen LogP) is 2.92. The van der Waals surface area contributed by atoms with Crippen LogP contribution in [0.5, 0.6) is 0 Å². The van der Waals surface area contributed by atoms with Crippen LogP contribution in [0.25, 0.3) is 5.57 Å². The fourth-order valence-electron chi connectivity index (χ4n) is 1.00. The van der Waals surface area contributed by atoms with Crippen LogP contribution in [0.4, 0.5) is 0 Å². The van der Waals surface area contributed by atoms with E-state index in [1.165, 1.54) is 0 Å². The summed E-state index contributed by atoms with van der Waals surface area (Å²) in [6, 6.07) is 7.47. The number of carbonyl (C=O) groups is 1. The second-order valence-corrected chi connectivity index (χ2v) is 2.70. The van der Waals surface area contributed by atoms with E-state index in [-0.39, 0.29) is 0 Å². The molecule has 0 aliphatic heterocycles. The van der Waals surface area contributed by atoms with Gasteiger partial charge in [-0.25, -0.2) is 0 Å². The zero-order valence-electron chi connectivity index (χ0n) is 7.21. The Bertz CT molecular complexity index is 282. The lowest BCUT2D eigenvalue weighted by Crippen LogP contribution is -1.83. The number of hydrogen-bond acceptors (Lipinski definition) is 1. The maximum Gasteiger partial charge on any atom is 0.150 e. The monoisotopic (exact) mass is 160 g/mol. The van der Waals surface area contributed by atoms with E-state index in [4.69, 9.17) is 0 Å². The van der Waals surface area contributed by atoms with E-state index in [1.54, 1.807) is 0 Å². The molecule has 1 nitrogen and oxygen atoms in total. The fourth-order valence-corrected chi connectivity index (χ4v) is 1.00. The van der Waals surface area contributed by atoms with Crippen LogP contribution in [0.3, 0.4) is 0 Å². The molecule has 1 aromatic rings. The van der Waals surface area contributed by atoms with Gasteiger partial charge in [0.05, 0.1) is 0 Å². The van der Waals surface area contributed by atoms with Gasteiger partial charge in [-0.05, 0) is 17.6 Å². The van der Waals surface area contributed by atoms with E-state index in [1.807, 2.05) is 24.3 Å². The molecule has 0 saturated heterocycles. The predicted molar refractivity (Wildman–Crippen MR) is 51.2 cm³/mol. The molecular formula is C11H12O. The summed E-state index contributed by atoms with van der Waals surface area (Å²) in [5.74, 6) is 0. The lowest BCUT2D eigenvalue weighted by Gasteiger charge is -2.01. The minimum atomic E-state index is 0.711. The Morgan fingerprint density at radius 1 is 1.42 bits per heavy atom. The van der Waals surface area contributed by atoms with Crippen LogP contribution >= 0.6 is 0 Å². The zero-order valence-corrected chi connectivity index (χ0v) is 7.21. The summed E-state index contributed by atoms with van der Waals surface area (Å²) in [5, 5.41) is 0. The molecule has 0 N–H and O–H groups in total. The van der Waals surface area contributed by atoms with Gasteiger partial charge < -0.3 is 0 Å². The number of hydrogen-bond donors (Lipinski definition) is 0. The summed E-state index contributed by atoms with van der Waals surface area (Å²) in [4.78, 5) is 10.3. The molecule has 0 fully saturated rings. The molecule has 1 heteroatoms. The molecule has 0 bridgehead atoms. The highest BCUT2D eigenvalue weighted by molar-refractivity contribution is 5.76. The quantitative estimate of drug-likeness (QED) is 0.621. The van der Waals surface area contributed by atoms with Gasteiger partial charge in [-0.15, -0.1) is 0 Å². The van der Waals surface area contributed by atoms with E-state index in [0.717, 1.165) is 23.8 Å². The highest BCUT2D eigenvalue weighted by Gasteiger charge is 1.95. The molecule has 1 rings (SSSR count). The minimum absolute atomic E-state index is 0.711. The van der Waals surface area contributed by atoms with Crippen molar-refractivity contribution < 1.29 is 4.79 Å². The SMILES string of the molecule is C=C(CC)c1ccc(C=O)cc1. The second kappa shape index (κ2) is 3.86. The maximum absolute atomic E-state index is 10.3. The summed E-state index contributed by atoms with van der Waals surface area (Å²) in [6.45, 7) is 5.98. The summed E-state index contributed by atoms with van der Waals surface area (Å²) >= 11 is 0. The molecule has 0 amide bonds. The lowest BCUT2D eigenvalue weighted by atomic mass is 10.0. The van der Waals surface area contributed by atoms with Gasteiger partial charge in [0.25, 0.3) is 0 Å². The van der Waals surface area contributed by atoms with Crippen LogP contribution in [-0.4, -0.2) is 6.29 Å². The van der Waals surface area contributed by atoms with Gasteiger partial charge in [-0.3, -0.25) is 4.79 Å². The summed E-state index contributed by atoms with van der Waals surface area (Å²) in [6.07, 6.45) is 1.79. The molecule has 0 spiro atoms. The van der Waals surface area contributed by atoms with Crippen molar-refractivity contribution in [3.05, 3.63) is 42.0 Å². The van der Waals surface area contributed by atoms with E-state index in [9.17, 15) is 4.79 Å². The maximum atomic E-state index is 10.3. The molecule has 1 aromatic carbocycles. The summed E-state index contributed by atoms with van der Waals surface area (Å²) in [5.41, 5.74) is 2.93. The minimum Gasteiger partial charge on any atom is -0.298 e. The second-order valence-electron chi connectivity index (χ2n) is 2.70. The van der Waals surface area contributed by atoms with Gasteiger partial charge in [-0.1, -0.05) is 37.8 Å². The van der Waals surface area contributed by atoms with Crippen LogP contribution in [0.1, 0.15) is 29.3 Å². The van der Waals surface area contributed by atoms with Gasteiger partial charge in [0.1, 0.15) is 6.29 Å². The van der Waals surface area contributed by atoms with Gasteiger partial charge in [0, 0.05) is 5.56 Å². The van der Waals surface area contributed by atoms with Crippen LogP contribution in [0.15, 0.2) is 30.8 Å². The fraction of sp³-hybridized carbons (Fsp3) is 0.182. The van der Waals surface area contributed by atoms with Crippen molar-refractivity contribution in [2.24, 2.45) is 0 Å². The van der Waals surface area contributed by atoms with E-state index < -0.39 is 0 Å². The first-order valence-electron chi connectivity index (χ1n) is 4.01. The van der Waals surface area contributed by atoms with Gasteiger partial charge in [0.15, 0.2) is 0 Å². The highest BCUT2D eigenvalue weighted by atomic mass is 16.1. The Kier molecular flexibility index (Phi) is 2.81. The van der Waals surface area contributed by atoms with Crippen molar-refractivity contribution in [3.63, 3.8) is 0 Å². The topological polar surface area (TPSA) is 17.1 Å². The van der Waals surface area contributed by atoms with Crippen molar-refractivity contribution >= 4 is 11.9 Å². The largest absolute Gasteiger partial charge is 0.298 e. The Labute approximate surface area is 72.7 Å². The zero-order chi connectivity index (χ0) is 8.97. The molecule has 0 radical (unpaired) electrons. The van der Waals surface area contributed by atoms with E-state index in [2.05, 4.69) is 13.5 Å². The highest BCUT2D eigenvalue weighted by Crippen LogP contribution is 2.15. The molecule has 62 valence electrons. The number of allylic oxidation sites excluding steroid dienone is 1. The molecule has 0 aromatic heterocycles. The normalized spacial score (nSPS) is 9.42. The Morgan fingerprint density at radius 3 is 2.42 bits per heavy atom. The third kappa shape index (κ3) is 1.82. The molecular weight excluding hydrogens is 148 g/mol. The average Bonchev–Trinajstić information content (AvgIpc) is 2.17. The molecule has 0 aliphatic carbocycles. The smallest absolute Gasteiger partial charge is 0.150 e. The average molecular weight is 160 g/mol. The molecule has 0 heterocycles. The van der Waals surface area contributed by atoms with Crippen molar-refractivity contribution in [1.29, 1.82) is 0 Å². The van der Waals surface area contributed by atoms with Gasteiger partial charge in [-0.2, -0.15) is 0 Å². The van der Waals surface area contributed by atoms with Crippen molar-refractivity contribution in [3.8, 4) is 0 Å². The summed E-state index contributed by atoms with van der Waals surface area (Å²) < 4.78 is 0. The summed E-state index contributed by atoms with van der Waals surface area (Å²) in [7, 11) is 0. The number of aldehydes is 1. The molecule has 0 atom stereocenters. The first kappa shape index (κ1) is 8.72. The first-order valence-corrected chi connectivity index (χ1v) is 4.01. The first-order chi connectivity index (χ1) is 5.77. The molecule has 0 aliphatic rings. The molecule has 0 saturated carbocycles. The van der Waals surface area contributed by atoms with Gasteiger partial charge >= 0.3 is 0 Å². The van der Waals surface area contributed by atoms with Gasteiger partial charge in [0.2, 0.25) is 0 Å².